The summed E-state index contributed by atoms with van der Waals surface area (Å²) < 4.78 is 5.55. The van der Waals surface area contributed by atoms with Gasteiger partial charge >= 0.3 is 17.7 Å². The first-order valence-electron chi connectivity index (χ1n) is 4.85. The molecule has 0 aliphatic rings. The predicted octanol–water partition coefficient (Wildman–Crippen LogP) is 0.326. The maximum Gasteiger partial charge on any atom is 0.363 e. The maximum atomic E-state index is 10.9. The largest absolute Gasteiger partial charge is 0.476 e. The van der Waals surface area contributed by atoms with Gasteiger partial charge in [-0.05, 0) is 11.6 Å². The summed E-state index contributed by atoms with van der Waals surface area (Å²) in [5, 5.41) is 22.9. The summed E-state index contributed by atoms with van der Waals surface area (Å²) in [7, 11) is 1.28. The van der Waals surface area contributed by atoms with E-state index in [1.165, 1.54) is 7.11 Å². The van der Waals surface area contributed by atoms with Gasteiger partial charge in [0.05, 0.1) is 12.0 Å². The summed E-state index contributed by atoms with van der Waals surface area (Å²) >= 11 is 5.62. The van der Waals surface area contributed by atoms with Gasteiger partial charge in [-0.1, -0.05) is 0 Å². The molecule has 0 unspecified atom stereocenters. The molecular formula is C8H5ClN6O5. The van der Waals surface area contributed by atoms with Crippen molar-refractivity contribution in [2.75, 3.05) is 7.11 Å². The highest BCUT2D eigenvalue weighted by molar-refractivity contribution is 6.28. The summed E-state index contributed by atoms with van der Waals surface area (Å²) in [6.07, 6.45) is 0.856. The van der Waals surface area contributed by atoms with Crippen LogP contribution in [0.4, 0.5) is 5.69 Å². The van der Waals surface area contributed by atoms with Gasteiger partial charge in [-0.3, -0.25) is 10.1 Å². The number of carboxylic acids is 1. The first kappa shape index (κ1) is 13.6. The minimum Gasteiger partial charge on any atom is -0.476 e. The lowest BCUT2D eigenvalue weighted by atomic mass is 10.4. The number of methoxy groups -OCH3 is 1. The lowest BCUT2D eigenvalue weighted by Gasteiger charge is -2.01. The number of nitrogens with zero attached hydrogens (tertiary/aromatic N) is 6. The Labute approximate surface area is 115 Å². The first-order valence-corrected chi connectivity index (χ1v) is 5.23. The number of hydrogen-bond donors (Lipinski definition) is 1. The molecule has 0 saturated heterocycles. The summed E-state index contributed by atoms with van der Waals surface area (Å²) in [4.78, 5) is 31.8. The number of rotatable bonds is 4. The van der Waals surface area contributed by atoms with Gasteiger partial charge in [-0.15, -0.1) is 0 Å². The van der Waals surface area contributed by atoms with Crippen LogP contribution >= 0.6 is 11.6 Å². The highest BCUT2D eigenvalue weighted by Crippen LogP contribution is 2.19. The number of nitro groups is 1. The Hall–Kier alpha value is -2.82. The van der Waals surface area contributed by atoms with Crippen molar-refractivity contribution < 1.29 is 19.6 Å². The molecule has 2 aromatic heterocycles. The van der Waals surface area contributed by atoms with Crippen molar-refractivity contribution in [1.29, 1.82) is 0 Å². The molecule has 0 spiro atoms. The molecule has 2 heterocycles. The van der Waals surface area contributed by atoms with Crippen LogP contribution in [0.5, 0.6) is 6.01 Å². The number of carbonyl (C=O) groups is 1. The minimum atomic E-state index is -1.55. The van der Waals surface area contributed by atoms with Gasteiger partial charge in [0.15, 0.2) is 0 Å². The molecule has 104 valence electrons. The van der Waals surface area contributed by atoms with E-state index in [0.29, 0.717) is 0 Å². The fourth-order valence-corrected chi connectivity index (χ4v) is 1.42. The molecule has 11 nitrogen and oxygen atoms in total. The van der Waals surface area contributed by atoms with Crippen LogP contribution < -0.4 is 4.74 Å². The third kappa shape index (κ3) is 2.47. The van der Waals surface area contributed by atoms with Crippen LogP contribution in [0.15, 0.2) is 6.20 Å². The highest BCUT2D eigenvalue weighted by Gasteiger charge is 2.26. The minimum absolute atomic E-state index is 0.143. The van der Waals surface area contributed by atoms with Crippen molar-refractivity contribution in [3.8, 4) is 12.0 Å². The molecule has 2 aromatic rings. The molecule has 0 radical (unpaired) electrons. The summed E-state index contributed by atoms with van der Waals surface area (Å²) in [6, 6.07) is -0.143. The van der Waals surface area contributed by atoms with Crippen LogP contribution in [-0.2, 0) is 0 Å². The number of carboxylic acid groups (broad SMARTS) is 1. The summed E-state index contributed by atoms with van der Waals surface area (Å²) in [5.41, 5.74) is -1.45. The van der Waals surface area contributed by atoms with E-state index in [-0.39, 0.29) is 17.2 Å². The molecule has 0 amide bonds. The SMILES string of the molecule is COc1nc(Cl)nc(-n2cc([N+](=O)[O-])c(C(=O)O)n2)n1. The van der Waals surface area contributed by atoms with Gasteiger partial charge in [0.2, 0.25) is 11.0 Å². The first-order chi connectivity index (χ1) is 9.42. The molecule has 0 saturated carbocycles. The second-order valence-electron chi connectivity index (χ2n) is 3.26. The van der Waals surface area contributed by atoms with Crippen molar-refractivity contribution in [2.45, 2.75) is 0 Å². The Kier molecular flexibility index (Phi) is 3.43. The fourth-order valence-electron chi connectivity index (χ4n) is 1.27. The molecule has 0 bridgehead atoms. The Morgan fingerprint density at radius 2 is 2.20 bits per heavy atom. The van der Waals surface area contributed by atoms with E-state index in [0.717, 1.165) is 10.9 Å². The smallest absolute Gasteiger partial charge is 0.363 e. The second-order valence-corrected chi connectivity index (χ2v) is 3.60. The van der Waals surface area contributed by atoms with Crippen molar-refractivity contribution in [3.05, 3.63) is 27.3 Å². The van der Waals surface area contributed by atoms with Crippen molar-refractivity contribution >= 4 is 23.3 Å². The van der Waals surface area contributed by atoms with Crippen molar-refractivity contribution in [1.82, 2.24) is 24.7 Å². The van der Waals surface area contributed by atoms with Crippen LogP contribution in [-0.4, -0.2) is 47.8 Å². The van der Waals surface area contributed by atoms with Gasteiger partial charge in [0.25, 0.3) is 5.95 Å². The van der Waals surface area contributed by atoms with Gasteiger partial charge < -0.3 is 9.84 Å². The Balaban J connectivity index is 2.58. The normalized spacial score (nSPS) is 10.3. The molecule has 0 aliphatic carbocycles. The number of aromatic carboxylic acids is 1. The van der Waals surface area contributed by atoms with Crippen LogP contribution in [0.3, 0.4) is 0 Å². The summed E-state index contributed by atoms with van der Waals surface area (Å²) in [5.74, 6) is -1.76. The average molecular weight is 301 g/mol. The van der Waals surface area contributed by atoms with Crippen LogP contribution in [0.2, 0.25) is 5.28 Å². The summed E-state index contributed by atoms with van der Waals surface area (Å²) in [6.45, 7) is 0. The molecule has 12 heteroatoms. The number of halogens is 1. The zero-order chi connectivity index (χ0) is 14.9. The van der Waals surface area contributed by atoms with Crippen molar-refractivity contribution in [2.24, 2.45) is 0 Å². The third-order valence-electron chi connectivity index (χ3n) is 2.06. The van der Waals surface area contributed by atoms with E-state index < -0.39 is 22.3 Å². The van der Waals surface area contributed by atoms with Crippen LogP contribution in [0.1, 0.15) is 10.5 Å². The molecule has 0 aliphatic heterocycles. The monoisotopic (exact) mass is 300 g/mol. The zero-order valence-electron chi connectivity index (χ0n) is 9.72. The lowest BCUT2D eigenvalue weighted by molar-refractivity contribution is -0.385. The predicted molar refractivity (Wildman–Crippen MR) is 62.1 cm³/mol. The number of ether oxygens (including phenoxy) is 1. The average Bonchev–Trinajstić information content (AvgIpc) is 2.83. The van der Waals surface area contributed by atoms with Crippen LogP contribution in [0.25, 0.3) is 5.95 Å². The van der Waals surface area contributed by atoms with E-state index in [1.807, 2.05) is 0 Å². The van der Waals surface area contributed by atoms with E-state index >= 15 is 0 Å². The van der Waals surface area contributed by atoms with E-state index in [4.69, 9.17) is 21.4 Å². The molecule has 0 atom stereocenters. The van der Waals surface area contributed by atoms with Crippen molar-refractivity contribution in [3.63, 3.8) is 0 Å². The van der Waals surface area contributed by atoms with Gasteiger partial charge in [0.1, 0.15) is 6.20 Å². The number of aromatic nitrogens is 5. The zero-order valence-corrected chi connectivity index (χ0v) is 10.5. The molecular weight excluding hydrogens is 296 g/mol. The highest BCUT2D eigenvalue weighted by atomic mass is 35.5. The van der Waals surface area contributed by atoms with Gasteiger partial charge in [0, 0.05) is 0 Å². The van der Waals surface area contributed by atoms with E-state index in [2.05, 4.69) is 20.1 Å². The molecule has 2 rings (SSSR count). The number of hydrogen-bond acceptors (Lipinski definition) is 8. The van der Waals surface area contributed by atoms with Crippen LogP contribution in [0, 0.1) is 10.1 Å². The Morgan fingerprint density at radius 1 is 1.50 bits per heavy atom. The quantitative estimate of drug-likeness (QED) is 0.622. The van der Waals surface area contributed by atoms with E-state index in [1.54, 1.807) is 0 Å². The van der Waals surface area contributed by atoms with E-state index in [9.17, 15) is 14.9 Å². The standard InChI is InChI=1S/C8H5ClN6O5/c1-20-8-11-6(9)10-7(12-8)14-2-3(15(18)19)4(13-14)5(16)17/h2H,1H3,(H,16,17). The second kappa shape index (κ2) is 5.05. The molecule has 1 N–H and O–H groups in total. The fraction of sp³-hybridized carbons (Fsp3) is 0.125. The molecule has 20 heavy (non-hydrogen) atoms. The Morgan fingerprint density at radius 3 is 2.70 bits per heavy atom. The lowest BCUT2D eigenvalue weighted by Crippen LogP contribution is -2.07. The maximum absolute atomic E-state index is 10.9. The molecule has 0 fully saturated rings. The molecule has 0 aromatic carbocycles. The topological polar surface area (TPSA) is 146 Å². The third-order valence-corrected chi connectivity index (χ3v) is 2.23. The Bertz CT molecular complexity index is 669. The van der Waals surface area contributed by atoms with Gasteiger partial charge in [-0.25, -0.2) is 4.79 Å². The van der Waals surface area contributed by atoms with Gasteiger partial charge in [-0.2, -0.15) is 24.7 Å².